The number of halogens is 1. The Labute approximate surface area is 94.7 Å². The topological polar surface area (TPSA) is 26.0 Å². The molecule has 0 spiro atoms. The number of aryl methyl sites for hydroxylation is 1. The Morgan fingerprint density at radius 3 is 2.44 bits per heavy atom. The third-order valence-corrected chi connectivity index (χ3v) is 2.74. The van der Waals surface area contributed by atoms with Crippen LogP contribution in [-0.2, 0) is 0 Å². The van der Waals surface area contributed by atoms with Gasteiger partial charge in [-0.3, -0.25) is 0 Å². The minimum atomic E-state index is -0.267. The average Bonchev–Trinajstić information content (AvgIpc) is 2.32. The summed E-state index contributed by atoms with van der Waals surface area (Å²) in [5.74, 6) is -0.244. The van der Waals surface area contributed by atoms with Crippen LogP contribution in [0.1, 0.15) is 22.7 Å². The summed E-state index contributed by atoms with van der Waals surface area (Å²) >= 11 is 0. The first-order valence-electron chi connectivity index (χ1n) is 5.25. The predicted molar refractivity (Wildman–Crippen MR) is 63.6 cm³/mol. The Morgan fingerprint density at radius 1 is 1.06 bits per heavy atom. The molecule has 2 rings (SSSR count). The van der Waals surface area contributed by atoms with E-state index < -0.39 is 0 Å². The molecule has 1 unspecified atom stereocenters. The molecule has 16 heavy (non-hydrogen) atoms. The van der Waals surface area contributed by atoms with Gasteiger partial charge in [-0.05, 0) is 35.7 Å². The van der Waals surface area contributed by atoms with Crippen molar-refractivity contribution in [2.75, 3.05) is 0 Å². The molecule has 2 aromatic rings. The van der Waals surface area contributed by atoms with Gasteiger partial charge >= 0.3 is 0 Å². The molecule has 0 saturated carbocycles. The number of hydrogen-bond acceptors (Lipinski definition) is 1. The largest absolute Gasteiger partial charge is 0.320 e. The molecule has 1 atom stereocenters. The van der Waals surface area contributed by atoms with Gasteiger partial charge < -0.3 is 5.73 Å². The van der Waals surface area contributed by atoms with Crippen LogP contribution in [0.2, 0.25) is 0 Å². The fourth-order valence-corrected chi connectivity index (χ4v) is 1.79. The second-order valence-corrected chi connectivity index (χ2v) is 3.89. The second-order valence-electron chi connectivity index (χ2n) is 3.89. The molecule has 0 fully saturated rings. The van der Waals surface area contributed by atoms with Gasteiger partial charge in [-0.2, -0.15) is 0 Å². The molecule has 82 valence electrons. The molecule has 0 aromatic heterocycles. The lowest BCUT2D eigenvalue weighted by Crippen LogP contribution is -2.13. The average molecular weight is 215 g/mol. The SMILES string of the molecule is Cc1ccc(F)cc1C(N)c1ccccc1. The summed E-state index contributed by atoms with van der Waals surface area (Å²) in [7, 11) is 0. The van der Waals surface area contributed by atoms with Crippen LogP contribution in [0, 0.1) is 12.7 Å². The Balaban J connectivity index is 2.41. The van der Waals surface area contributed by atoms with Crippen molar-refractivity contribution in [3.8, 4) is 0 Å². The molecule has 0 radical (unpaired) electrons. The molecule has 0 heterocycles. The fourth-order valence-electron chi connectivity index (χ4n) is 1.79. The molecular weight excluding hydrogens is 201 g/mol. The van der Waals surface area contributed by atoms with E-state index in [0.29, 0.717) is 0 Å². The first kappa shape index (κ1) is 10.8. The number of rotatable bonds is 2. The van der Waals surface area contributed by atoms with Gasteiger partial charge in [0.2, 0.25) is 0 Å². The van der Waals surface area contributed by atoms with E-state index in [4.69, 9.17) is 5.73 Å². The van der Waals surface area contributed by atoms with Crippen LogP contribution in [0.5, 0.6) is 0 Å². The number of benzene rings is 2. The third-order valence-electron chi connectivity index (χ3n) is 2.74. The van der Waals surface area contributed by atoms with Crippen molar-refractivity contribution in [2.45, 2.75) is 13.0 Å². The summed E-state index contributed by atoms with van der Waals surface area (Å²) in [6, 6.07) is 14.2. The monoisotopic (exact) mass is 215 g/mol. The Hall–Kier alpha value is -1.67. The van der Waals surface area contributed by atoms with Crippen molar-refractivity contribution < 1.29 is 4.39 Å². The van der Waals surface area contributed by atoms with E-state index in [9.17, 15) is 4.39 Å². The van der Waals surface area contributed by atoms with Gasteiger partial charge in [0.05, 0.1) is 6.04 Å². The van der Waals surface area contributed by atoms with Crippen molar-refractivity contribution in [2.24, 2.45) is 5.73 Å². The maximum Gasteiger partial charge on any atom is 0.123 e. The van der Waals surface area contributed by atoms with Crippen molar-refractivity contribution in [3.05, 3.63) is 71.0 Å². The van der Waals surface area contributed by atoms with Crippen molar-refractivity contribution in [1.82, 2.24) is 0 Å². The molecule has 0 aliphatic carbocycles. The highest BCUT2D eigenvalue weighted by Crippen LogP contribution is 2.23. The zero-order chi connectivity index (χ0) is 11.5. The lowest BCUT2D eigenvalue weighted by Gasteiger charge is -2.15. The Bertz CT molecular complexity index is 479. The molecule has 2 heteroatoms. The first-order chi connectivity index (χ1) is 7.68. The van der Waals surface area contributed by atoms with Crippen molar-refractivity contribution >= 4 is 0 Å². The van der Waals surface area contributed by atoms with Gasteiger partial charge in [0.1, 0.15) is 5.82 Å². The van der Waals surface area contributed by atoms with Crippen LogP contribution in [0.25, 0.3) is 0 Å². The summed E-state index contributed by atoms with van der Waals surface area (Å²) in [6.45, 7) is 1.94. The van der Waals surface area contributed by atoms with Gasteiger partial charge in [-0.15, -0.1) is 0 Å². The van der Waals surface area contributed by atoms with E-state index in [-0.39, 0.29) is 11.9 Å². The molecule has 2 N–H and O–H groups in total. The van der Waals surface area contributed by atoms with Crippen LogP contribution in [0.4, 0.5) is 4.39 Å². The highest BCUT2D eigenvalue weighted by Gasteiger charge is 2.11. The summed E-state index contributed by atoms with van der Waals surface area (Å²) in [5, 5.41) is 0. The Kier molecular flexibility index (Phi) is 3.02. The van der Waals surface area contributed by atoms with Crippen molar-refractivity contribution in [3.63, 3.8) is 0 Å². The summed E-state index contributed by atoms with van der Waals surface area (Å²) in [6.07, 6.45) is 0. The molecule has 0 aliphatic rings. The maximum atomic E-state index is 13.2. The van der Waals surface area contributed by atoms with Crippen LogP contribution < -0.4 is 5.73 Å². The highest BCUT2D eigenvalue weighted by atomic mass is 19.1. The molecule has 0 amide bonds. The molecule has 0 bridgehead atoms. The molecule has 0 aliphatic heterocycles. The minimum Gasteiger partial charge on any atom is -0.320 e. The molecule has 2 aromatic carbocycles. The molecule has 1 nitrogen and oxygen atoms in total. The van der Waals surface area contributed by atoms with Gasteiger partial charge in [-0.1, -0.05) is 36.4 Å². The molecular formula is C14H14FN. The van der Waals surface area contributed by atoms with Crippen LogP contribution >= 0.6 is 0 Å². The zero-order valence-electron chi connectivity index (χ0n) is 9.15. The standard InChI is InChI=1S/C14H14FN/c1-10-7-8-12(15)9-13(10)14(16)11-5-3-2-4-6-11/h2-9,14H,16H2,1H3. The quantitative estimate of drug-likeness (QED) is 0.818. The van der Waals surface area contributed by atoms with Gasteiger partial charge in [0.25, 0.3) is 0 Å². The normalized spacial score (nSPS) is 12.4. The summed E-state index contributed by atoms with van der Waals surface area (Å²) in [5.41, 5.74) is 8.97. The number of nitrogens with two attached hydrogens (primary N) is 1. The zero-order valence-corrected chi connectivity index (χ0v) is 9.15. The Morgan fingerprint density at radius 2 is 1.75 bits per heavy atom. The van der Waals surface area contributed by atoms with E-state index in [1.165, 1.54) is 12.1 Å². The van der Waals surface area contributed by atoms with Gasteiger partial charge in [-0.25, -0.2) is 4.39 Å². The maximum absolute atomic E-state index is 13.2. The smallest absolute Gasteiger partial charge is 0.123 e. The van der Waals surface area contributed by atoms with E-state index >= 15 is 0 Å². The van der Waals surface area contributed by atoms with Crippen LogP contribution in [0.15, 0.2) is 48.5 Å². The third kappa shape index (κ3) is 2.12. The van der Waals surface area contributed by atoms with E-state index in [1.807, 2.05) is 37.3 Å². The lowest BCUT2D eigenvalue weighted by molar-refractivity contribution is 0.622. The van der Waals surface area contributed by atoms with Gasteiger partial charge in [0.15, 0.2) is 0 Å². The second kappa shape index (κ2) is 4.45. The minimum absolute atomic E-state index is 0.244. The molecule has 0 saturated heterocycles. The van der Waals surface area contributed by atoms with E-state index in [0.717, 1.165) is 16.7 Å². The van der Waals surface area contributed by atoms with E-state index in [2.05, 4.69) is 0 Å². The lowest BCUT2D eigenvalue weighted by atomic mass is 9.96. The van der Waals surface area contributed by atoms with Crippen LogP contribution in [0.3, 0.4) is 0 Å². The number of hydrogen-bond donors (Lipinski definition) is 1. The summed E-state index contributed by atoms with van der Waals surface area (Å²) in [4.78, 5) is 0. The predicted octanol–water partition coefficient (Wildman–Crippen LogP) is 3.18. The van der Waals surface area contributed by atoms with Crippen LogP contribution in [-0.4, -0.2) is 0 Å². The van der Waals surface area contributed by atoms with Gasteiger partial charge in [0, 0.05) is 0 Å². The fraction of sp³-hybridized carbons (Fsp3) is 0.143. The van der Waals surface area contributed by atoms with Crippen molar-refractivity contribution in [1.29, 1.82) is 0 Å². The van der Waals surface area contributed by atoms with E-state index in [1.54, 1.807) is 6.07 Å². The highest BCUT2D eigenvalue weighted by molar-refractivity contribution is 5.36. The first-order valence-corrected chi connectivity index (χ1v) is 5.25. The summed E-state index contributed by atoms with van der Waals surface area (Å²) < 4.78 is 13.2.